The first kappa shape index (κ1) is 12.6. The molecule has 4 heteroatoms. The van der Waals surface area contributed by atoms with Gasteiger partial charge >= 0.3 is 0 Å². The van der Waals surface area contributed by atoms with Crippen LogP contribution in [0.15, 0.2) is 18.2 Å². The van der Waals surface area contributed by atoms with Gasteiger partial charge in [0.25, 0.3) is 0 Å². The second kappa shape index (κ2) is 5.31. The van der Waals surface area contributed by atoms with E-state index < -0.39 is 0 Å². The number of rotatable bonds is 4. The van der Waals surface area contributed by atoms with E-state index in [-0.39, 0.29) is 0 Å². The van der Waals surface area contributed by atoms with E-state index in [2.05, 4.69) is 17.4 Å². The minimum absolute atomic E-state index is 0.913. The summed E-state index contributed by atoms with van der Waals surface area (Å²) >= 11 is 1.86. The topological polar surface area (TPSA) is 34.2 Å². The lowest BCUT2D eigenvalue weighted by atomic mass is 9.93. The van der Waals surface area contributed by atoms with Gasteiger partial charge in [-0.2, -0.15) is 0 Å². The van der Waals surface area contributed by atoms with Gasteiger partial charge in [-0.05, 0) is 37.6 Å². The third kappa shape index (κ3) is 2.38. The molecular formula is C15H18N2OS. The number of nitrogens with zero attached hydrogens (tertiary/aromatic N) is 1. The predicted octanol–water partition coefficient (Wildman–Crippen LogP) is 2.68. The van der Waals surface area contributed by atoms with Gasteiger partial charge in [-0.1, -0.05) is 6.07 Å². The summed E-state index contributed by atoms with van der Waals surface area (Å²) in [7, 11) is 3.69. The normalized spacial score (nSPS) is 12.9. The number of hydrogen-bond donors (Lipinski definition) is 1. The molecule has 1 heterocycles. The van der Waals surface area contributed by atoms with Gasteiger partial charge in [0, 0.05) is 23.4 Å². The lowest BCUT2D eigenvalue weighted by Crippen LogP contribution is -2.10. The molecule has 0 aliphatic heterocycles. The van der Waals surface area contributed by atoms with Crippen molar-refractivity contribution >= 4 is 11.3 Å². The molecule has 1 N–H and O–H groups in total. The number of ether oxygens (including phenoxy) is 1. The molecule has 3 nitrogen and oxygen atoms in total. The van der Waals surface area contributed by atoms with Crippen molar-refractivity contribution in [2.24, 2.45) is 0 Å². The lowest BCUT2D eigenvalue weighted by molar-refractivity contribution is 0.415. The Morgan fingerprint density at radius 1 is 1.37 bits per heavy atom. The Balaban J connectivity index is 1.99. The third-order valence-electron chi connectivity index (χ3n) is 3.52. The number of nitrogens with one attached hydrogen (secondary N) is 1. The van der Waals surface area contributed by atoms with Crippen LogP contribution in [0.25, 0.3) is 11.3 Å². The van der Waals surface area contributed by atoms with Gasteiger partial charge in [0.05, 0.1) is 17.8 Å². The number of likely N-dealkylation sites (N-methyl/N-ethyl adjacent to an activating group) is 1. The highest BCUT2D eigenvalue weighted by Crippen LogP contribution is 2.38. The second-order valence-corrected chi connectivity index (χ2v) is 5.92. The van der Waals surface area contributed by atoms with Crippen LogP contribution in [0.5, 0.6) is 5.75 Å². The van der Waals surface area contributed by atoms with E-state index >= 15 is 0 Å². The average Bonchev–Trinajstić information content (AvgIpc) is 2.87. The zero-order valence-electron chi connectivity index (χ0n) is 11.3. The molecule has 1 aliphatic rings. The van der Waals surface area contributed by atoms with Crippen LogP contribution >= 0.6 is 11.3 Å². The Morgan fingerprint density at radius 3 is 3.05 bits per heavy atom. The van der Waals surface area contributed by atoms with Gasteiger partial charge in [0.15, 0.2) is 0 Å². The number of fused-ring (bicyclic) bond motifs is 3. The zero-order valence-corrected chi connectivity index (χ0v) is 12.1. The highest BCUT2D eigenvalue weighted by molar-refractivity contribution is 7.12. The maximum Gasteiger partial charge on any atom is 0.119 e. The molecule has 1 aliphatic carbocycles. The van der Waals surface area contributed by atoms with Crippen molar-refractivity contribution in [3.8, 4) is 17.0 Å². The van der Waals surface area contributed by atoms with Crippen LogP contribution in [0, 0.1) is 0 Å². The first-order chi connectivity index (χ1) is 9.31. The van der Waals surface area contributed by atoms with Crippen molar-refractivity contribution in [1.82, 2.24) is 10.3 Å². The Bertz CT molecular complexity index is 592. The van der Waals surface area contributed by atoms with Crippen LogP contribution in [0.2, 0.25) is 0 Å². The molecule has 0 fully saturated rings. The summed E-state index contributed by atoms with van der Waals surface area (Å²) in [6.07, 6.45) is 3.24. The van der Waals surface area contributed by atoms with Crippen LogP contribution in [0.4, 0.5) is 0 Å². The fourth-order valence-electron chi connectivity index (χ4n) is 2.49. The number of hydrogen-bond acceptors (Lipinski definition) is 4. The maximum absolute atomic E-state index is 5.33. The number of aryl methyl sites for hydroxylation is 2. The number of aromatic nitrogens is 1. The summed E-state index contributed by atoms with van der Waals surface area (Å²) in [4.78, 5) is 6.25. The molecule has 1 aromatic carbocycles. The molecule has 0 atom stereocenters. The zero-order chi connectivity index (χ0) is 13.2. The summed E-state index contributed by atoms with van der Waals surface area (Å²) in [5, 5.41) is 4.41. The van der Waals surface area contributed by atoms with E-state index in [1.807, 2.05) is 24.5 Å². The highest BCUT2D eigenvalue weighted by atomic mass is 32.1. The molecule has 0 saturated carbocycles. The Morgan fingerprint density at radius 2 is 2.26 bits per heavy atom. The highest BCUT2D eigenvalue weighted by Gasteiger charge is 2.21. The molecule has 1 aromatic heterocycles. The molecule has 3 rings (SSSR count). The van der Waals surface area contributed by atoms with Crippen LogP contribution in [-0.4, -0.2) is 25.7 Å². The largest absolute Gasteiger partial charge is 0.497 e. The minimum Gasteiger partial charge on any atom is -0.497 e. The monoisotopic (exact) mass is 274 g/mol. The Hall–Kier alpha value is -1.39. The summed E-state index contributed by atoms with van der Waals surface area (Å²) in [5.74, 6) is 0.913. The first-order valence-electron chi connectivity index (χ1n) is 6.62. The SMILES string of the molecule is CNCCc1nc2c(s1)CCc1ccc(OC)cc1-2. The van der Waals surface area contributed by atoms with Gasteiger partial charge in [-0.3, -0.25) is 0 Å². The van der Waals surface area contributed by atoms with Crippen LogP contribution in [0.1, 0.15) is 15.4 Å². The summed E-state index contributed by atoms with van der Waals surface area (Å²) in [6, 6.07) is 6.33. The Labute approximate surface area is 117 Å². The standard InChI is InChI=1S/C15H18N2OS/c1-16-8-7-14-17-15-12-9-11(18-2)5-3-10(12)4-6-13(15)19-14/h3,5,9,16H,4,6-8H2,1-2H3. The van der Waals surface area contributed by atoms with E-state index in [1.54, 1.807) is 7.11 Å². The van der Waals surface area contributed by atoms with Gasteiger partial charge in [0.1, 0.15) is 5.75 Å². The summed E-state index contributed by atoms with van der Waals surface area (Å²) < 4.78 is 5.33. The van der Waals surface area contributed by atoms with E-state index in [0.717, 1.165) is 31.6 Å². The van der Waals surface area contributed by atoms with E-state index in [4.69, 9.17) is 9.72 Å². The smallest absolute Gasteiger partial charge is 0.119 e. The van der Waals surface area contributed by atoms with Gasteiger partial charge < -0.3 is 10.1 Å². The molecule has 2 aromatic rings. The average molecular weight is 274 g/mol. The first-order valence-corrected chi connectivity index (χ1v) is 7.44. The third-order valence-corrected chi connectivity index (χ3v) is 4.70. The minimum atomic E-state index is 0.913. The molecule has 19 heavy (non-hydrogen) atoms. The quantitative estimate of drug-likeness (QED) is 0.931. The van der Waals surface area contributed by atoms with Gasteiger partial charge in [-0.15, -0.1) is 11.3 Å². The molecule has 0 bridgehead atoms. The van der Waals surface area contributed by atoms with Crippen molar-refractivity contribution in [3.63, 3.8) is 0 Å². The molecule has 0 unspecified atom stereocenters. The van der Waals surface area contributed by atoms with E-state index in [0.29, 0.717) is 0 Å². The molecule has 0 radical (unpaired) electrons. The van der Waals surface area contributed by atoms with Crippen molar-refractivity contribution in [3.05, 3.63) is 33.6 Å². The van der Waals surface area contributed by atoms with Gasteiger partial charge in [-0.25, -0.2) is 4.98 Å². The second-order valence-electron chi connectivity index (χ2n) is 4.76. The molecule has 0 saturated heterocycles. The Kier molecular flexibility index (Phi) is 3.53. The fourth-order valence-corrected chi connectivity index (χ4v) is 3.57. The maximum atomic E-state index is 5.33. The molecule has 0 spiro atoms. The van der Waals surface area contributed by atoms with Gasteiger partial charge in [0.2, 0.25) is 0 Å². The van der Waals surface area contributed by atoms with Crippen molar-refractivity contribution in [1.29, 1.82) is 0 Å². The summed E-state index contributed by atoms with van der Waals surface area (Å²) in [6.45, 7) is 0.983. The van der Waals surface area contributed by atoms with Crippen molar-refractivity contribution in [2.75, 3.05) is 20.7 Å². The number of benzene rings is 1. The van der Waals surface area contributed by atoms with E-state index in [9.17, 15) is 0 Å². The van der Waals surface area contributed by atoms with Crippen LogP contribution in [-0.2, 0) is 19.3 Å². The fraction of sp³-hybridized carbons (Fsp3) is 0.400. The van der Waals surface area contributed by atoms with Crippen LogP contribution < -0.4 is 10.1 Å². The predicted molar refractivity (Wildman–Crippen MR) is 79.1 cm³/mol. The summed E-state index contributed by atoms with van der Waals surface area (Å²) in [5.41, 5.74) is 3.82. The molecule has 0 amide bonds. The van der Waals surface area contributed by atoms with Crippen molar-refractivity contribution in [2.45, 2.75) is 19.3 Å². The van der Waals surface area contributed by atoms with Crippen LogP contribution in [0.3, 0.4) is 0 Å². The van der Waals surface area contributed by atoms with E-state index in [1.165, 1.54) is 26.7 Å². The van der Waals surface area contributed by atoms with Crippen molar-refractivity contribution < 1.29 is 4.74 Å². The molecule has 100 valence electrons. The number of methoxy groups -OCH3 is 1. The molecular weight excluding hydrogens is 256 g/mol. The lowest BCUT2D eigenvalue weighted by Gasteiger charge is -2.15. The number of thiazole rings is 1.